The zero-order valence-electron chi connectivity index (χ0n) is 16.1. The van der Waals surface area contributed by atoms with E-state index < -0.39 is 17.2 Å². The van der Waals surface area contributed by atoms with Crippen molar-refractivity contribution >= 4 is 17.2 Å². The zero-order chi connectivity index (χ0) is 19.9. The molecule has 7 heteroatoms. The molecule has 1 aromatic carbocycles. The largest absolute Gasteiger partial charge is 0.497 e. The topological polar surface area (TPSA) is 32.8 Å². The second-order valence-electron chi connectivity index (χ2n) is 7.65. The molecule has 2 fully saturated rings. The molecule has 2 aromatic rings. The number of methoxy groups -OCH3 is 1. The smallest absolute Gasteiger partial charge is 0.265 e. The zero-order valence-corrected chi connectivity index (χ0v) is 16.9. The second kappa shape index (κ2) is 7.12. The van der Waals surface area contributed by atoms with Gasteiger partial charge in [-0.3, -0.25) is 9.69 Å². The summed E-state index contributed by atoms with van der Waals surface area (Å²) in [5, 5.41) is 0. The predicted octanol–water partition coefficient (Wildman–Crippen LogP) is 3.59. The van der Waals surface area contributed by atoms with Crippen molar-refractivity contribution in [3.8, 4) is 5.75 Å². The summed E-state index contributed by atoms with van der Waals surface area (Å²) in [6.45, 7) is 2.25. The average molecular weight is 406 g/mol. The third-order valence-corrected chi connectivity index (χ3v) is 6.86. The number of halogens is 2. The Morgan fingerprint density at radius 1 is 1.11 bits per heavy atom. The summed E-state index contributed by atoms with van der Waals surface area (Å²) >= 11 is 1.66. The molecule has 0 bridgehead atoms. The SMILES string of the molecule is CCc1ccc(CN2C[C@]3(F)CN(Cc4cccc(OC)c4)C(=O)[C@]3(F)C2)s1. The van der Waals surface area contributed by atoms with Crippen molar-refractivity contribution in [1.29, 1.82) is 0 Å². The van der Waals surface area contributed by atoms with Gasteiger partial charge >= 0.3 is 0 Å². The lowest BCUT2D eigenvalue weighted by Gasteiger charge is -2.22. The van der Waals surface area contributed by atoms with Crippen molar-refractivity contribution in [2.75, 3.05) is 26.7 Å². The molecule has 28 heavy (non-hydrogen) atoms. The van der Waals surface area contributed by atoms with Crippen LogP contribution in [0.15, 0.2) is 36.4 Å². The van der Waals surface area contributed by atoms with E-state index in [9.17, 15) is 4.79 Å². The number of aryl methyl sites for hydroxylation is 1. The van der Waals surface area contributed by atoms with Crippen molar-refractivity contribution in [3.63, 3.8) is 0 Å². The highest BCUT2D eigenvalue weighted by Gasteiger charge is 2.70. The fourth-order valence-corrected chi connectivity index (χ4v) is 5.19. The monoisotopic (exact) mass is 406 g/mol. The molecule has 0 aliphatic carbocycles. The lowest BCUT2D eigenvalue weighted by atomic mass is 9.93. The molecule has 2 atom stereocenters. The number of likely N-dealkylation sites (tertiary alicyclic amines) is 2. The van der Waals surface area contributed by atoms with Crippen LogP contribution in [-0.2, 0) is 24.3 Å². The molecule has 1 aromatic heterocycles. The maximum absolute atomic E-state index is 15.6. The number of carbonyl (C=O) groups is 1. The molecule has 4 nitrogen and oxygen atoms in total. The van der Waals surface area contributed by atoms with Gasteiger partial charge < -0.3 is 9.64 Å². The van der Waals surface area contributed by atoms with Gasteiger partial charge in [-0.1, -0.05) is 19.1 Å². The fourth-order valence-electron chi connectivity index (χ4n) is 4.19. The molecule has 150 valence electrons. The van der Waals surface area contributed by atoms with Crippen LogP contribution in [0.1, 0.15) is 22.2 Å². The van der Waals surface area contributed by atoms with Crippen molar-refractivity contribution in [2.24, 2.45) is 0 Å². The molecule has 0 N–H and O–H groups in total. The molecular weight excluding hydrogens is 382 g/mol. The highest BCUT2D eigenvalue weighted by Crippen LogP contribution is 2.46. The molecule has 3 heterocycles. The van der Waals surface area contributed by atoms with Gasteiger partial charge in [0.1, 0.15) is 5.75 Å². The van der Waals surface area contributed by atoms with Crippen LogP contribution in [0, 0.1) is 0 Å². The molecule has 2 aliphatic rings. The average Bonchev–Trinajstić information content (AvgIpc) is 3.27. The van der Waals surface area contributed by atoms with E-state index in [1.54, 1.807) is 41.5 Å². The highest BCUT2D eigenvalue weighted by molar-refractivity contribution is 7.11. The number of alkyl halides is 2. The van der Waals surface area contributed by atoms with Gasteiger partial charge in [-0.05, 0) is 36.2 Å². The van der Waals surface area contributed by atoms with E-state index in [4.69, 9.17) is 4.74 Å². The fraction of sp³-hybridized carbons (Fsp3) is 0.476. The summed E-state index contributed by atoms with van der Waals surface area (Å²) < 4.78 is 36.3. The Balaban J connectivity index is 1.47. The first kappa shape index (κ1) is 19.3. The van der Waals surface area contributed by atoms with Crippen molar-refractivity contribution < 1.29 is 18.3 Å². The lowest BCUT2D eigenvalue weighted by Crippen LogP contribution is -2.47. The van der Waals surface area contributed by atoms with E-state index in [0.717, 1.165) is 16.9 Å². The molecule has 0 radical (unpaired) electrons. The van der Waals surface area contributed by atoms with Crippen LogP contribution in [0.3, 0.4) is 0 Å². The predicted molar refractivity (Wildman–Crippen MR) is 105 cm³/mol. The number of carbonyl (C=O) groups excluding carboxylic acids is 1. The number of amides is 1. The minimum Gasteiger partial charge on any atom is -0.497 e. The van der Waals surface area contributed by atoms with E-state index in [2.05, 4.69) is 6.92 Å². The maximum atomic E-state index is 15.6. The minimum atomic E-state index is -2.48. The first-order chi connectivity index (χ1) is 13.4. The number of thiophene rings is 1. The van der Waals surface area contributed by atoms with Crippen LogP contribution >= 0.6 is 11.3 Å². The van der Waals surface area contributed by atoms with Crippen LogP contribution < -0.4 is 4.74 Å². The second-order valence-corrected chi connectivity index (χ2v) is 8.90. The molecule has 2 aliphatic heterocycles. The van der Waals surface area contributed by atoms with Crippen molar-refractivity contribution in [1.82, 2.24) is 9.80 Å². The number of hydrogen-bond acceptors (Lipinski definition) is 4. The van der Waals surface area contributed by atoms with Crippen LogP contribution in [0.25, 0.3) is 0 Å². The van der Waals surface area contributed by atoms with Crippen LogP contribution in [0.5, 0.6) is 5.75 Å². The Kier molecular flexibility index (Phi) is 4.91. The summed E-state index contributed by atoms with van der Waals surface area (Å²) in [4.78, 5) is 18.1. The van der Waals surface area contributed by atoms with E-state index >= 15 is 8.78 Å². The quantitative estimate of drug-likeness (QED) is 0.735. The van der Waals surface area contributed by atoms with E-state index in [1.807, 2.05) is 18.2 Å². The minimum absolute atomic E-state index is 0.0663. The number of nitrogens with zero attached hydrogens (tertiary/aromatic N) is 2. The molecule has 4 rings (SSSR count). The first-order valence-electron chi connectivity index (χ1n) is 9.47. The van der Waals surface area contributed by atoms with Gasteiger partial charge in [-0.2, -0.15) is 0 Å². The van der Waals surface area contributed by atoms with Gasteiger partial charge in [-0.25, -0.2) is 8.78 Å². The molecule has 0 spiro atoms. The third kappa shape index (κ3) is 3.20. The van der Waals surface area contributed by atoms with E-state index in [-0.39, 0.29) is 26.2 Å². The third-order valence-electron chi connectivity index (χ3n) is 5.65. The summed E-state index contributed by atoms with van der Waals surface area (Å²) in [7, 11) is 1.56. The Morgan fingerprint density at radius 2 is 1.89 bits per heavy atom. The highest BCUT2D eigenvalue weighted by atomic mass is 32.1. The number of fused-ring (bicyclic) bond motifs is 1. The standard InChI is InChI=1S/C21H24F2N2O2S/c1-3-17-7-8-18(28-17)11-24-12-20(22)13-25(19(26)21(20,23)14-24)10-15-5-4-6-16(9-15)27-2/h4-9H,3,10-14H2,1-2H3/t20-,21+/m0/s1. The van der Waals surface area contributed by atoms with E-state index in [0.29, 0.717) is 12.3 Å². The first-order valence-corrected chi connectivity index (χ1v) is 10.3. The van der Waals surface area contributed by atoms with Crippen LogP contribution in [0.2, 0.25) is 0 Å². The summed E-state index contributed by atoms with van der Waals surface area (Å²) in [6.07, 6.45) is 0.947. The molecular formula is C21H24F2N2O2S. The number of hydrogen-bond donors (Lipinski definition) is 0. The Bertz CT molecular complexity index is 889. The van der Waals surface area contributed by atoms with Gasteiger partial charge in [0.05, 0.1) is 13.7 Å². The summed E-state index contributed by atoms with van der Waals surface area (Å²) in [5.41, 5.74) is -3.85. The normalized spacial score (nSPS) is 27.4. The van der Waals surface area contributed by atoms with Gasteiger partial charge in [0.2, 0.25) is 5.67 Å². The molecule has 1 amide bonds. The Labute approximate surface area is 167 Å². The molecule has 2 saturated heterocycles. The van der Waals surface area contributed by atoms with Gasteiger partial charge in [0, 0.05) is 35.9 Å². The molecule has 0 unspecified atom stereocenters. The maximum Gasteiger partial charge on any atom is 0.265 e. The Morgan fingerprint density at radius 3 is 2.57 bits per heavy atom. The molecule has 0 saturated carbocycles. The van der Waals surface area contributed by atoms with Crippen molar-refractivity contribution in [3.05, 3.63) is 51.7 Å². The summed E-state index contributed by atoms with van der Waals surface area (Å²) in [6, 6.07) is 11.3. The Hall–Kier alpha value is -1.99. The van der Waals surface area contributed by atoms with Gasteiger partial charge in [0.25, 0.3) is 5.91 Å². The van der Waals surface area contributed by atoms with Crippen LogP contribution in [0.4, 0.5) is 8.78 Å². The number of rotatable bonds is 6. The van der Waals surface area contributed by atoms with Crippen LogP contribution in [-0.4, -0.2) is 53.8 Å². The van der Waals surface area contributed by atoms with Gasteiger partial charge in [-0.15, -0.1) is 11.3 Å². The van der Waals surface area contributed by atoms with Crippen molar-refractivity contribution in [2.45, 2.75) is 37.8 Å². The summed E-state index contributed by atoms with van der Waals surface area (Å²) in [5.74, 6) is -0.0939. The number of benzene rings is 1. The lowest BCUT2D eigenvalue weighted by molar-refractivity contribution is -0.139. The number of ether oxygens (including phenoxy) is 1. The van der Waals surface area contributed by atoms with E-state index in [1.165, 1.54) is 9.78 Å². The van der Waals surface area contributed by atoms with Gasteiger partial charge in [0.15, 0.2) is 5.67 Å².